The minimum Gasteiger partial charge on any atom is -0.478 e. The molecule has 1 saturated carbocycles. The first kappa shape index (κ1) is 13.5. The Morgan fingerprint density at radius 1 is 1.50 bits per heavy atom. The first-order valence-electron chi connectivity index (χ1n) is 6.42. The number of hydrogen-bond donors (Lipinski definition) is 1. The monoisotopic (exact) mass is 268 g/mol. The predicted octanol–water partition coefficient (Wildman–Crippen LogP) is 3.10. The van der Waals surface area contributed by atoms with Crippen LogP contribution < -0.4 is 0 Å². The van der Waals surface area contributed by atoms with E-state index in [0.29, 0.717) is 16.5 Å². The van der Waals surface area contributed by atoms with Crippen LogP contribution in [0.5, 0.6) is 0 Å². The molecule has 0 amide bonds. The highest BCUT2D eigenvalue weighted by Gasteiger charge is 2.25. The molecule has 1 aromatic heterocycles. The van der Waals surface area contributed by atoms with Crippen LogP contribution in [0.15, 0.2) is 5.03 Å². The Labute approximate surface area is 112 Å². The molecule has 100 valence electrons. The van der Waals surface area contributed by atoms with Crippen molar-refractivity contribution in [2.24, 2.45) is 13.0 Å². The van der Waals surface area contributed by atoms with Crippen molar-refractivity contribution in [3.63, 3.8) is 0 Å². The second-order valence-corrected chi connectivity index (χ2v) is 6.50. The van der Waals surface area contributed by atoms with Gasteiger partial charge in [0.15, 0.2) is 0 Å². The van der Waals surface area contributed by atoms with E-state index in [4.69, 9.17) is 0 Å². The molecule has 1 heterocycles. The molecule has 18 heavy (non-hydrogen) atoms. The Morgan fingerprint density at radius 2 is 2.22 bits per heavy atom. The molecule has 1 aliphatic carbocycles. The third-order valence-corrected chi connectivity index (χ3v) is 5.00. The number of thioether (sulfide) groups is 1. The quantitative estimate of drug-likeness (QED) is 0.915. The molecule has 4 nitrogen and oxygen atoms in total. The summed E-state index contributed by atoms with van der Waals surface area (Å²) in [7, 11) is 1.83. The maximum Gasteiger partial charge on any atom is 0.340 e. The molecule has 2 unspecified atom stereocenters. The van der Waals surface area contributed by atoms with Gasteiger partial charge in [0.2, 0.25) is 0 Å². The van der Waals surface area contributed by atoms with E-state index in [-0.39, 0.29) is 0 Å². The zero-order valence-electron chi connectivity index (χ0n) is 11.1. The number of aryl methyl sites for hydroxylation is 2. The molecule has 2 rings (SSSR count). The van der Waals surface area contributed by atoms with Crippen LogP contribution in [0.2, 0.25) is 0 Å². The molecule has 0 aliphatic heterocycles. The zero-order valence-corrected chi connectivity index (χ0v) is 12.0. The smallest absolute Gasteiger partial charge is 0.340 e. The number of aromatic carboxylic acids is 1. The number of nitrogens with zero attached hydrogens (tertiary/aromatic N) is 2. The minimum atomic E-state index is -0.869. The summed E-state index contributed by atoms with van der Waals surface area (Å²) in [5.74, 6) is -0.120. The minimum absolute atomic E-state index is 0.376. The standard InChI is InChI=1S/C13H20N2O2S/c1-8-5-4-6-10(7-8)18-12-11(13(16)17)9(2)14-15(12)3/h8,10H,4-7H2,1-3H3,(H,16,17). The Balaban J connectivity index is 2.20. The molecule has 0 saturated heterocycles. The molecule has 1 aromatic rings. The molecule has 0 bridgehead atoms. The van der Waals surface area contributed by atoms with Crippen molar-refractivity contribution in [3.8, 4) is 0 Å². The van der Waals surface area contributed by atoms with Crippen LogP contribution in [0.1, 0.15) is 48.7 Å². The van der Waals surface area contributed by atoms with Crippen molar-refractivity contribution in [2.45, 2.75) is 49.8 Å². The molecular weight excluding hydrogens is 248 g/mol. The Kier molecular flexibility index (Phi) is 4.00. The van der Waals surface area contributed by atoms with E-state index in [1.807, 2.05) is 7.05 Å². The summed E-state index contributed by atoms with van der Waals surface area (Å²) in [6.07, 6.45) is 4.90. The molecule has 0 spiro atoms. The Morgan fingerprint density at radius 3 is 2.83 bits per heavy atom. The lowest BCUT2D eigenvalue weighted by atomic mass is 9.91. The summed E-state index contributed by atoms with van der Waals surface area (Å²) >= 11 is 1.69. The van der Waals surface area contributed by atoms with Gasteiger partial charge < -0.3 is 5.11 Å². The highest BCUT2D eigenvalue weighted by molar-refractivity contribution is 8.00. The lowest BCUT2D eigenvalue weighted by Crippen LogP contribution is -2.16. The molecular formula is C13H20N2O2S. The fourth-order valence-electron chi connectivity index (χ4n) is 2.66. The van der Waals surface area contributed by atoms with Gasteiger partial charge in [-0.1, -0.05) is 19.8 Å². The van der Waals surface area contributed by atoms with Crippen molar-refractivity contribution in [1.82, 2.24) is 9.78 Å². The third-order valence-electron chi connectivity index (χ3n) is 3.55. The average molecular weight is 268 g/mol. The average Bonchev–Trinajstić information content (AvgIpc) is 2.53. The van der Waals surface area contributed by atoms with Gasteiger partial charge in [0.05, 0.1) is 5.69 Å². The van der Waals surface area contributed by atoms with Crippen molar-refractivity contribution >= 4 is 17.7 Å². The van der Waals surface area contributed by atoms with Crippen LogP contribution in [0, 0.1) is 12.8 Å². The highest BCUT2D eigenvalue weighted by Crippen LogP contribution is 2.37. The second-order valence-electron chi connectivity index (χ2n) is 5.21. The molecule has 1 N–H and O–H groups in total. The molecule has 0 radical (unpaired) electrons. The van der Waals surface area contributed by atoms with E-state index >= 15 is 0 Å². The summed E-state index contributed by atoms with van der Waals surface area (Å²) in [6.45, 7) is 4.04. The largest absolute Gasteiger partial charge is 0.478 e. The van der Waals surface area contributed by atoms with Gasteiger partial charge in [-0.25, -0.2) is 4.79 Å². The molecule has 1 aliphatic rings. The second kappa shape index (κ2) is 5.34. The van der Waals surface area contributed by atoms with Gasteiger partial charge in [-0.05, 0) is 25.7 Å². The van der Waals surface area contributed by atoms with Gasteiger partial charge in [-0.15, -0.1) is 11.8 Å². The normalized spacial score (nSPS) is 24.2. The molecule has 1 fully saturated rings. The van der Waals surface area contributed by atoms with Crippen LogP contribution in [-0.4, -0.2) is 26.1 Å². The summed E-state index contributed by atoms with van der Waals surface area (Å²) in [4.78, 5) is 11.3. The number of hydrogen-bond acceptors (Lipinski definition) is 3. The van der Waals surface area contributed by atoms with Gasteiger partial charge in [0.1, 0.15) is 10.6 Å². The van der Waals surface area contributed by atoms with Gasteiger partial charge in [0, 0.05) is 12.3 Å². The van der Waals surface area contributed by atoms with Crippen molar-refractivity contribution in [1.29, 1.82) is 0 Å². The maximum atomic E-state index is 11.3. The first-order valence-corrected chi connectivity index (χ1v) is 7.30. The third kappa shape index (κ3) is 2.71. The van der Waals surface area contributed by atoms with Crippen LogP contribution in [0.3, 0.4) is 0 Å². The summed E-state index contributed by atoms with van der Waals surface area (Å²) in [5.41, 5.74) is 0.983. The number of rotatable bonds is 3. The summed E-state index contributed by atoms with van der Waals surface area (Å²) < 4.78 is 1.71. The number of carboxylic acid groups (broad SMARTS) is 1. The topological polar surface area (TPSA) is 55.1 Å². The number of carbonyl (C=O) groups is 1. The van der Waals surface area contributed by atoms with E-state index in [1.165, 1.54) is 25.7 Å². The lowest BCUT2D eigenvalue weighted by molar-refractivity contribution is 0.0692. The van der Waals surface area contributed by atoms with Crippen LogP contribution in [0.25, 0.3) is 0 Å². The summed E-state index contributed by atoms with van der Waals surface area (Å²) in [5, 5.41) is 14.8. The van der Waals surface area contributed by atoms with Crippen LogP contribution in [0.4, 0.5) is 0 Å². The highest BCUT2D eigenvalue weighted by atomic mass is 32.2. The number of carboxylic acids is 1. The molecule has 0 aromatic carbocycles. The fraction of sp³-hybridized carbons (Fsp3) is 0.692. The van der Waals surface area contributed by atoms with Crippen molar-refractivity contribution in [2.75, 3.05) is 0 Å². The van der Waals surface area contributed by atoms with E-state index in [9.17, 15) is 9.90 Å². The maximum absolute atomic E-state index is 11.3. The van der Waals surface area contributed by atoms with Gasteiger partial charge in [0.25, 0.3) is 0 Å². The van der Waals surface area contributed by atoms with Crippen LogP contribution in [-0.2, 0) is 7.05 Å². The first-order chi connectivity index (χ1) is 8.49. The fourth-order valence-corrected chi connectivity index (χ4v) is 4.23. The van der Waals surface area contributed by atoms with E-state index in [0.717, 1.165) is 10.9 Å². The number of aromatic nitrogens is 2. The zero-order chi connectivity index (χ0) is 13.3. The van der Waals surface area contributed by atoms with E-state index in [2.05, 4.69) is 12.0 Å². The predicted molar refractivity (Wildman–Crippen MR) is 72.2 cm³/mol. The van der Waals surface area contributed by atoms with Gasteiger partial charge in [-0.2, -0.15) is 5.10 Å². The Bertz CT molecular complexity index is 456. The Hall–Kier alpha value is -0.970. The van der Waals surface area contributed by atoms with E-state index < -0.39 is 5.97 Å². The summed E-state index contributed by atoms with van der Waals surface area (Å²) in [6, 6.07) is 0. The van der Waals surface area contributed by atoms with Crippen molar-refractivity contribution in [3.05, 3.63) is 11.3 Å². The van der Waals surface area contributed by atoms with Crippen LogP contribution >= 0.6 is 11.8 Å². The SMILES string of the molecule is Cc1nn(C)c(SC2CCCC(C)C2)c1C(=O)O. The van der Waals surface area contributed by atoms with Crippen molar-refractivity contribution < 1.29 is 9.90 Å². The molecule has 2 atom stereocenters. The van der Waals surface area contributed by atoms with E-state index in [1.54, 1.807) is 23.4 Å². The lowest BCUT2D eigenvalue weighted by Gasteiger charge is -2.26. The van der Waals surface area contributed by atoms with Gasteiger partial charge in [-0.3, -0.25) is 4.68 Å². The van der Waals surface area contributed by atoms with Gasteiger partial charge >= 0.3 is 5.97 Å². The molecule has 5 heteroatoms.